The van der Waals surface area contributed by atoms with Gasteiger partial charge >= 0.3 is 0 Å². The zero-order valence-corrected chi connectivity index (χ0v) is 15.3. The number of hydrogen-bond acceptors (Lipinski definition) is 6. The second-order valence-corrected chi connectivity index (χ2v) is 6.59. The third-order valence-corrected chi connectivity index (χ3v) is 4.73. The smallest absolute Gasteiger partial charge is 0.276 e. The number of nitrogens with one attached hydrogen (secondary N) is 1. The highest BCUT2D eigenvalue weighted by molar-refractivity contribution is 6.02. The Bertz CT molecular complexity index is 921. The lowest BCUT2D eigenvalue weighted by molar-refractivity contribution is 0.102. The maximum Gasteiger partial charge on any atom is 0.276 e. The van der Waals surface area contributed by atoms with Gasteiger partial charge in [-0.2, -0.15) is 0 Å². The Morgan fingerprint density at radius 3 is 2.14 bits per heavy atom. The summed E-state index contributed by atoms with van der Waals surface area (Å²) in [5, 5.41) is 20.6. The average Bonchev–Trinajstić information content (AvgIpc) is 2.75. The fourth-order valence-electron chi connectivity index (χ4n) is 3.19. The van der Waals surface area contributed by atoms with Crippen LogP contribution in [-0.4, -0.2) is 47.4 Å². The van der Waals surface area contributed by atoms with Gasteiger partial charge < -0.3 is 20.2 Å². The standard InChI is InChI=1S/C21H21N5O2/c27-18-8-6-17(7-9-18)25-12-14-26(15-13-25)20-11-10-19(23-24-20)21(28)22-16-4-2-1-3-5-16/h1-11,27H,12-15H2,(H,22,28). The lowest BCUT2D eigenvalue weighted by Gasteiger charge is -2.36. The van der Waals surface area contributed by atoms with Crippen molar-refractivity contribution in [3.63, 3.8) is 0 Å². The van der Waals surface area contributed by atoms with E-state index in [1.807, 2.05) is 48.5 Å². The molecule has 0 aliphatic carbocycles. The second kappa shape index (κ2) is 7.96. The largest absolute Gasteiger partial charge is 0.508 e. The molecule has 1 fully saturated rings. The van der Waals surface area contributed by atoms with Crippen molar-refractivity contribution in [2.75, 3.05) is 41.3 Å². The topological polar surface area (TPSA) is 81.6 Å². The summed E-state index contributed by atoms with van der Waals surface area (Å²) in [6.45, 7) is 3.32. The number of phenols is 1. The Hall–Kier alpha value is -3.61. The van der Waals surface area contributed by atoms with Crippen LogP contribution in [0.15, 0.2) is 66.7 Å². The number of hydrogen-bond donors (Lipinski definition) is 2. The highest BCUT2D eigenvalue weighted by atomic mass is 16.3. The Morgan fingerprint density at radius 1 is 0.821 bits per heavy atom. The third-order valence-electron chi connectivity index (χ3n) is 4.73. The lowest BCUT2D eigenvalue weighted by atomic mass is 10.2. The molecule has 1 aliphatic rings. The van der Waals surface area contributed by atoms with Gasteiger partial charge in [-0.05, 0) is 48.5 Å². The number of benzene rings is 2. The number of para-hydroxylation sites is 1. The molecule has 28 heavy (non-hydrogen) atoms. The molecule has 2 heterocycles. The maximum absolute atomic E-state index is 12.3. The van der Waals surface area contributed by atoms with Gasteiger partial charge in [-0.1, -0.05) is 18.2 Å². The molecule has 0 radical (unpaired) electrons. The molecular formula is C21H21N5O2. The fraction of sp³-hybridized carbons (Fsp3) is 0.190. The number of aromatic nitrogens is 2. The van der Waals surface area contributed by atoms with Gasteiger partial charge in [-0.15, -0.1) is 10.2 Å². The Kier molecular flexibility index (Phi) is 5.05. The van der Waals surface area contributed by atoms with Crippen LogP contribution in [0.4, 0.5) is 17.2 Å². The average molecular weight is 375 g/mol. The van der Waals surface area contributed by atoms with E-state index in [1.54, 1.807) is 18.2 Å². The van der Waals surface area contributed by atoms with Gasteiger partial charge in [-0.25, -0.2) is 0 Å². The molecule has 0 spiro atoms. The molecule has 142 valence electrons. The van der Waals surface area contributed by atoms with E-state index in [9.17, 15) is 9.90 Å². The second-order valence-electron chi connectivity index (χ2n) is 6.59. The Labute approximate surface area is 163 Å². The Morgan fingerprint density at radius 2 is 1.50 bits per heavy atom. The summed E-state index contributed by atoms with van der Waals surface area (Å²) in [6.07, 6.45) is 0. The van der Waals surface area contributed by atoms with E-state index < -0.39 is 0 Å². The van der Waals surface area contributed by atoms with Crippen LogP contribution in [0.1, 0.15) is 10.5 Å². The first-order valence-electron chi connectivity index (χ1n) is 9.18. The molecule has 0 unspecified atom stereocenters. The quantitative estimate of drug-likeness (QED) is 0.730. The molecule has 4 rings (SSSR count). The number of carbonyl (C=O) groups excluding carboxylic acids is 1. The molecule has 7 nitrogen and oxygen atoms in total. The molecule has 1 saturated heterocycles. The van der Waals surface area contributed by atoms with Gasteiger partial charge in [0, 0.05) is 37.6 Å². The van der Waals surface area contributed by atoms with Crippen LogP contribution in [0.5, 0.6) is 5.75 Å². The molecule has 1 amide bonds. The van der Waals surface area contributed by atoms with Crippen LogP contribution in [0, 0.1) is 0 Å². The number of phenolic OH excluding ortho intramolecular Hbond substituents is 1. The van der Waals surface area contributed by atoms with Gasteiger partial charge in [0.15, 0.2) is 11.5 Å². The molecule has 1 aromatic heterocycles. The summed E-state index contributed by atoms with van der Waals surface area (Å²) < 4.78 is 0. The van der Waals surface area contributed by atoms with Crippen molar-refractivity contribution in [3.8, 4) is 5.75 Å². The van der Waals surface area contributed by atoms with E-state index in [1.165, 1.54) is 0 Å². The molecule has 0 atom stereocenters. The van der Waals surface area contributed by atoms with E-state index in [2.05, 4.69) is 25.3 Å². The highest BCUT2D eigenvalue weighted by Gasteiger charge is 2.19. The predicted molar refractivity (Wildman–Crippen MR) is 109 cm³/mol. The van der Waals surface area contributed by atoms with Crippen molar-refractivity contribution in [2.45, 2.75) is 0 Å². The number of nitrogens with zero attached hydrogens (tertiary/aromatic N) is 4. The van der Waals surface area contributed by atoms with Crippen molar-refractivity contribution in [1.82, 2.24) is 10.2 Å². The van der Waals surface area contributed by atoms with Crippen molar-refractivity contribution in [2.24, 2.45) is 0 Å². The first-order valence-corrected chi connectivity index (χ1v) is 9.18. The maximum atomic E-state index is 12.3. The number of piperazine rings is 1. The molecule has 2 N–H and O–H groups in total. The first kappa shape index (κ1) is 17.8. The zero-order valence-electron chi connectivity index (χ0n) is 15.3. The van der Waals surface area contributed by atoms with Crippen molar-refractivity contribution < 1.29 is 9.90 Å². The van der Waals surface area contributed by atoms with Gasteiger partial charge in [-0.3, -0.25) is 4.79 Å². The minimum atomic E-state index is -0.276. The molecular weight excluding hydrogens is 354 g/mol. The molecule has 7 heteroatoms. The Balaban J connectivity index is 1.35. The predicted octanol–water partition coefficient (Wildman–Crippen LogP) is 2.76. The minimum Gasteiger partial charge on any atom is -0.508 e. The van der Waals surface area contributed by atoms with Gasteiger partial charge in [0.05, 0.1) is 0 Å². The third kappa shape index (κ3) is 4.03. The van der Waals surface area contributed by atoms with E-state index in [-0.39, 0.29) is 17.4 Å². The normalized spacial score (nSPS) is 14.0. The molecule has 1 aliphatic heterocycles. The fourth-order valence-corrected chi connectivity index (χ4v) is 3.19. The van der Waals surface area contributed by atoms with E-state index >= 15 is 0 Å². The minimum absolute atomic E-state index is 0.272. The summed E-state index contributed by atoms with van der Waals surface area (Å²) in [7, 11) is 0. The number of carbonyl (C=O) groups is 1. The van der Waals surface area contributed by atoms with Crippen LogP contribution in [0.25, 0.3) is 0 Å². The van der Waals surface area contributed by atoms with Gasteiger partial charge in [0.25, 0.3) is 5.91 Å². The van der Waals surface area contributed by atoms with E-state index in [0.717, 1.165) is 43.4 Å². The van der Waals surface area contributed by atoms with Crippen molar-refractivity contribution >= 4 is 23.1 Å². The monoisotopic (exact) mass is 375 g/mol. The molecule has 3 aromatic rings. The van der Waals surface area contributed by atoms with Crippen LogP contribution in [-0.2, 0) is 0 Å². The van der Waals surface area contributed by atoms with Crippen LogP contribution < -0.4 is 15.1 Å². The molecule has 0 bridgehead atoms. The van der Waals surface area contributed by atoms with Crippen LogP contribution in [0.3, 0.4) is 0 Å². The zero-order chi connectivity index (χ0) is 19.3. The van der Waals surface area contributed by atoms with Gasteiger partial charge in [0.1, 0.15) is 5.75 Å². The van der Waals surface area contributed by atoms with Crippen molar-refractivity contribution in [1.29, 1.82) is 0 Å². The van der Waals surface area contributed by atoms with E-state index in [0.29, 0.717) is 0 Å². The first-order chi connectivity index (χ1) is 13.7. The van der Waals surface area contributed by atoms with Crippen LogP contribution >= 0.6 is 0 Å². The van der Waals surface area contributed by atoms with E-state index in [4.69, 9.17) is 0 Å². The number of aromatic hydroxyl groups is 1. The molecule has 0 saturated carbocycles. The number of anilines is 3. The summed E-state index contributed by atoms with van der Waals surface area (Å²) in [5.41, 5.74) is 2.11. The summed E-state index contributed by atoms with van der Waals surface area (Å²) in [5.74, 6) is 0.762. The van der Waals surface area contributed by atoms with Gasteiger partial charge in [0.2, 0.25) is 0 Å². The lowest BCUT2D eigenvalue weighted by Crippen LogP contribution is -2.46. The van der Waals surface area contributed by atoms with Crippen molar-refractivity contribution in [3.05, 3.63) is 72.4 Å². The summed E-state index contributed by atoms with van der Waals surface area (Å²) >= 11 is 0. The molecule has 2 aromatic carbocycles. The van der Waals surface area contributed by atoms with Crippen LogP contribution in [0.2, 0.25) is 0 Å². The number of amides is 1. The highest BCUT2D eigenvalue weighted by Crippen LogP contribution is 2.21. The number of rotatable bonds is 4. The SMILES string of the molecule is O=C(Nc1ccccc1)c1ccc(N2CCN(c3ccc(O)cc3)CC2)nn1. The summed E-state index contributed by atoms with van der Waals surface area (Å²) in [6, 6.07) is 20.1. The summed E-state index contributed by atoms with van der Waals surface area (Å²) in [4.78, 5) is 16.7.